The summed E-state index contributed by atoms with van der Waals surface area (Å²) < 4.78 is 77.5. The second-order valence-corrected chi connectivity index (χ2v) is 33.6. The van der Waals surface area contributed by atoms with Gasteiger partial charge in [-0.05, 0) is 155 Å². The van der Waals surface area contributed by atoms with Crippen molar-refractivity contribution >= 4 is 51.1 Å². The van der Waals surface area contributed by atoms with Gasteiger partial charge in [0.1, 0.15) is 23.3 Å². The molecule has 10 aliphatic rings. The lowest BCUT2D eigenvalue weighted by Crippen LogP contribution is -2.64. The maximum Gasteiger partial charge on any atom is 0.236 e. The van der Waals surface area contributed by atoms with E-state index < -0.39 is 45.1 Å². The number of rotatable bonds is 11. The van der Waals surface area contributed by atoms with E-state index in [1.165, 1.54) is 48.5 Å². The zero-order chi connectivity index (χ0) is 83.9. The summed E-state index contributed by atoms with van der Waals surface area (Å²) in [7, 11) is 0. The van der Waals surface area contributed by atoms with Crippen LogP contribution in [0.15, 0.2) is 242 Å². The minimum Gasteiger partial charge on any atom is -0.355 e. The quantitative estimate of drug-likeness (QED) is 0.0747. The molecule has 21 heteroatoms. The number of allylic oxidation sites excluding steroid dienone is 2. The van der Waals surface area contributed by atoms with Gasteiger partial charge in [0.2, 0.25) is 35.0 Å². The number of ketones is 2. The molecule has 0 radical (unpaired) electrons. The first-order valence-corrected chi connectivity index (χ1v) is 42.4. The Morgan fingerprint density at radius 3 is 1.09 bits per heavy atom. The lowest BCUT2D eigenvalue weighted by atomic mass is 9.54. The Labute approximate surface area is 702 Å². The number of benzene rings is 8. The summed E-state index contributed by atoms with van der Waals surface area (Å²) in [5.41, 5.74) is 3.94. The van der Waals surface area contributed by atoms with Gasteiger partial charge in [-0.15, -0.1) is 0 Å². The van der Waals surface area contributed by atoms with Crippen LogP contribution in [0.5, 0.6) is 0 Å². The summed E-state index contributed by atoms with van der Waals surface area (Å²) in [4.78, 5) is 92.2. The molecule has 119 heavy (non-hydrogen) atoms. The summed E-state index contributed by atoms with van der Waals surface area (Å²) in [5.74, 6) is -2.99. The number of nitrogens with one attached hydrogen (secondary N) is 1. The predicted molar refractivity (Wildman–Crippen MR) is 446 cm³/mol. The Morgan fingerprint density at radius 1 is 0.403 bits per heavy atom. The zero-order valence-electron chi connectivity index (χ0n) is 67.4. The molecule has 6 heterocycles. The van der Waals surface area contributed by atoms with Gasteiger partial charge in [0, 0.05) is 87.7 Å². The summed E-state index contributed by atoms with van der Waals surface area (Å²) in [6, 6.07) is 64.7. The Bertz CT molecular complexity index is 5020. The summed E-state index contributed by atoms with van der Waals surface area (Å²) in [5, 5.41) is 3.81. The Morgan fingerprint density at radius 2 is 0.731 bits per heavy atom. The fourth-order valence-corrected chi connectivity index (χ4v) is 21.5. The smallest absolute Gasteiger partial charge is 0.236 e. The molecular formula is C98H99BrF4N6O10. The SMILES string of the molecule is C[C@H]1[C@@H]2CCN(Cc3cccc(F)c3)C(=O)[C@@]2(c2ccccc2)CCC12OCCO2.C[C@H]1[C@@H]2CCNC(=O)[C@@]2(c2ccccc2)CCC12OCCO2.Fc1cccc(CBr)c1.[C-]#[N+]C1=C[C@@]2(c3ccccc3)C(=O)N(Cc3cccc(F)c3)CC[C@@H]2[C@@H](C)C1=O.[C-]#[N+]C1=C[C@]2(c3ccccc3)C(=O)N(Cc3cccc(F)c3)CC[C@H]2[C@H](C)C1=O. The number of amides is 4. The van der Waals surface area contributed by atoms with E-state index in [4.69, 9.17) is 32.1 Å². The molecule has 6 saturated heterocycles. The molecule has 616 valence electrons. The number of ether oxygens (including phenoxy) is 4. The number of alkyl halides is 1. The van der Waals surface area contributed by atoms with Gasteiger partial charge in [-0.1, -0.05) is 226 Å². The van der Waals surface area contributed by atoms with Crippen molar-refractivity contribution in [3.8, 4) is 0 Å². The number of halogens is 5. The number of Topliss-reactive ketones (excluding diaryl/α,β-unsaturated/α-hetero) is 2. The molecule has 8 aromatic rings. The first-order valence-electron chi connectivity index (χ1n) is 41.3. The van der Waals surface area contributed by atoms with Crippen molar-refractivity contribution in [2.45, 2.75) is 137 Å². The normalized spacial score (nSPS) is 28.1. The van der Waals surface area contributed by atoms with Crippen LogP contribution in [0.4, 0.5) is 17.6 Å². The van der Waals surface area contributed by atoms with E-state index in [1.54, 1.807) is 58.4 Å². The van der Waals surface area contributed by atoms with Gasteiger partial charge in [-0.2, -0.15) is 0 Å². The van der Waals surface area contributed by atoms with Crippen molar-refractivity contribution in [3.05, 3.63) is 333 Å². The predicted octanol–water partition coefficient (Wildman–Crippen LogP) is 17.5. The van der Waals surface area contributed by atoms with E-state index in [1.807, 2.05) is 128 Å². The number of nitrogens with zero attached hydrogens (tertiary/aromatic N) is 5. The molecule has 4 aliphatic carbocycles. The van der Waals surface area contributed by atoms with Crippen LogP contribution in [0.25, 0.3) is 9.69 Å². The van der Waals surface area contributed by atoms with Crippen LogP contribution in [0.3, 0.4) is 0 Å². The van der Waals surface area contributed by atoms with Gasteiger partial charge in [-0.3, -0.25) is 19.2 Å². The number of hydrogen-bond acceptors (Lipinski definition) is 10. The van der Waals surface area contributed by atoms with Gasteiger partial charge in [0.05, 0.1) is 61.2 Å². The Balaban J connectivity index is 0.000000126. The molecule has 2 saturated carbocycles. The second-order valence-electron chi connectivity index (χ2n) is 33.0. The maximum atomic E-state index is 14.1. The molecule has 12 atom stereocenters. The van der Waals surface area contributed by atoms with Crippen LogP contribution in [0, 0.1) is 83.8 Å². The molecule has 6 aliphatic heterocycles. The second kappa shape index (κ2) is 36.2. The highest BCUT2D eigenvalue weighted by Gasteiger charge is 2.65. The molecule has 8 aromatic carbocycles. The van der Waals surface area contributed by atoms with Crippen molar-refractivity contribution in [1.82, 2.24) is 20.0 Å². The van der Waals surface area contributed by atoms with Crippen molar-refractivity contribution in [2.75, 3.05) is 52.6 Å². The number of hydrogen-bond donors (Lipinski definition) is 1. The summed E-state index contributed by atoms with van der Waals surface area (Å²) in [6.45, 7) is 28.9. The van der Waals surface area contributed by atoms with Crippen molar-refractivity contribution in [3.63, 3.8) is 0 Å². The molecule has 0 unspecified atom stereocenters. The molecular weight excluding hydrogens is 1580 g/mol. The molecule has 16 nitrogen and oxygen atoms in total. The van der Waals surface area contributed by atoms with Crippen LogP contribution < -0.4 is 5.32 Å². The number of carbonyl (C=O) groups excluding carboxylic acids is 6. The largest absolute Gasteiger partial charge is 0.355 e. The number of carbonyl (C=O) groups is 6. The lowest BCUT2D eigenvalue weighted by molar-refractivity contribution is -0.239. The van der Waals surface area contributed by atoms with E-state index in [9.17, 15) is 46.3 Å². The number of likely N-dealkylation sites (tertiary alicyclic amines) is 3. The van der Waals surface area contributed by atoms with Gasteiger partial charge in [-0.25, -0.2) is 27.3 Å². The fraction of sp³-hybridized carbons (Fsp3) is 0.388. The molecule has 8 fully saturated rings. The zero-order valence-corrected chi connectivity index (χ0v) is 69.0. The first-order chi connectivity index (χ1) is 57.5. The third kappa shape index (κ3) is 16.3. The molecule has 4 amide bonds. The van der Waals surface area contributed by atoms with E-state index in [0.717, 1.165) is 65.6 Å². The number of fused-ring (bicyclic) bond motifs is 4. The molecule has 1 N–H and O–H groups in total. The Kier molecular flexibility index (Phi) is 25.8. The summed E-state index contributed by atoms with van der Waals surface area (Å²) in [6.07, 6.45) is 9.30. The van der Waals surface area contributed by atoms with E-state index >= 15 is 0 Å². The van der Waals surface area contributed by atoms with Crippen molar-refractivity contribution in [2.24, 2.45) is 47.3 Å². The van der Waals surface area contributed by atoms with Crippen LogP contribution >= 0.6 is 15.9 Å². The lowest BCUT2D eigenvalue weighted by Gasteiger charge is -2.56. The highest BCUT2D eigenvalue weighted by Crippen LogP contribution is 2.59. The minimum absolute atomic E-state index is 0.0264. The van der Waals surface area contributed by atoms with Crippen LogP contribution in [0.2, 0.25) is 0 Å². The van der Waals surface area contributed by atoms with Crippen molar-refractivity contribution in [1.29, 1.82) is 0 Å². The van der Waals surface area contributed by atoms with Gasteiger partial charge >= 0.3 is 0 Å². The Hall–Kier alpha value is -10.5. The fourth-order valence-electron chi connectivity index (χ4n) is 21.2. The third-order valence-corrected chi connectivity index (χ3v) is 27.6. The third-order valence-electron chi connectivity index (χ3n) is 27.0. The van der Waals surface area contributed by atoms with Crippen LogP contribution in [-0.4, -0.2) is 114 Å². The number of piperidine rings is 4. The average molecular weight is 1680 g/mol. The maximum absolute atomic E-state index is 14.1. The van der Waals surface area contributed by atoms with E-state index in [-0.39, 0.29) is 105 Å². The van der Waals surface area contributed by atoms with Crippen LogP contribution in [0.1, 0.15) is 124 Å². The molecule has 0 bridgehead atoms. The van der Waals surface area contributed by atoms with Crippen LogP contribution in [-0.2, 0) is 94.3 Å². The minimum atomic E-state index is -1.06. The highest BCUT2D eigenvalue weighted by atomic mass is 79.9. The molecule has 18 rings (SSSR count). The first kappa shape index (κ1) is 84.9. The highest BCUT2D eigenvalue weighted by molar-refractivity contribution is 9.08. The van der Waals surface area contributed by atoms with Crippen molar-refractivity contribution < 1.29 is 65.3 Å². The van der Waals surface area contributed by atoms with Gasteiger partial charge < -0.3 is 48.6 Å². The van der Waals surface area contributed by atoms with E-state index in [2.05, 4.69) is 69.0 Å². The topological polar surface area (TPSA) is 170 Å². The average Bonchev–Trinajstić information content (AvgIpc) is 1.63. The van der Waals surface area contributed by atoms with E-state index in [0.29, 0.717) is 108 Å². The molecule has 2 spiro atoms. The summed E-state index contributed by atoms with van der Waals surface area (Å²) >= 11 is 3.22. The standard InChI is InChI=1S/C25H28FNO3.2C24H21FN2O2.C18H23NO3.C7H6BrF/c1-18-22-10-13-27(17-19-6-5-9-21(26)16-19)23(28)24(22,20-7-3-2-4-8-20)11-12-25(18)29-14-15-30-25;2*1-16-20-11-12-27(15-17-7-6-10-19(25)13-17)23(29)24(20,14-21(26-2)22(16)28)18-8-4-3-5-9-18;1-13-15-7-10-19-16(20)17(15,14-5-3-2-4-6-14)8-9-18(13)21-11-12-22-18;8-5-6-2-1-3-7(9)4-6/h2-9,16,18,22H,10-15,17H2,1H3;2*3-10,13-14,16,20H,11-12,15H2,1H3;2-6,13,15H,7-12H2,1H3,(H,19,20);1-4H,5H2/t18-,22-,24+;2*16-,20-,24+;13-,15-,17+;/m0100./s1. The van der Waals surface area contributed by atoms with Gasteiger partial charge in [0.15, 0.2) is 23.1 Å². The monoisotopic (exact) mass is 1670 g/mol. The van der Waals surface area contributed by atoms with Gasteiger partial charge in [0.25, 0.3) is 0 Å². The molecule has 0 aromatic heterocycles.